The van der Waals surface area contributed by atoms with Crippen LogP contribution in [0.1, 0.15) is 16.7 Å². The second kappa shape index (κ2) is 13.3. The van der Waals surface area contributed by atoms with Gasteiger partial charge in [-0.05, 0) is 59.7 Å². The fraction of sp³-hybridized carbons (Fsp3) is 0.0667. The number of hydrogen-bond donors (Lipinski definition) is 1. The van der Waals surface area contributed by atoms with E-state index >= 15 is 0 Å². The molecular weight excluding hydrogens is 553 g/mol. The number of nitrogens with one attached hydrogen (secondary N) is 1. The van der Waals surface area contributed by atoms with E-state index in [0.717, 1.165) is 5.56 Å². The predicted molar refractivity (Wildman–Crippen MR) is 153 cm³/mol. The molecule has 0 atom stereocenters. The summed E-state index contributed by atoms with van der Waals surface area (Å²) in [5.41, 5.74) is 2.31. The van der Waals surface area contributed by atoms with E-state index in [1.807, 2.05) is 24.3 Å². The maximum Gasteiger partial charge on any atom is 0.269 e. The van der Waals surface area contributed by atoms with Gasteiger partial charge in [0.05, 0.1) is 9.95 Å². The van der Waals surface area contributed by atoms with Gasteiger partial charge < -0.3 is 14.8 Å². The van der Waals surface area contributed by atoms with Crippen LogP contribution in [0.5, 0.6) is 11.5 Å². The van der Waals surface area contributed by atoms with Crippen LogP contribution in [0.3, 0.4) is 0 Å². The van der Waals surface area contributed by atoms with Gasteiger partial charge in [0.1, 0.15) is 36.4 Å². The van der Waals surface area contributed by atoms with E-state index in [-0.39, 0.29) is 22.9 Å². The van der Waals surface area contributed by atoms with Gasteiger partial charge in [-0.15, -0.1) is 0 Å². The van der Waals surface area contributed by atoms with Crippen molar-refractivity contribution in [2.75, 3.05) is 5.32 Å². The first-order valence-corrected chi connectivity index (χ1v) is 12.6. The lowest BCUT2D eigenvalue weighted by molar-refractivity contribution is -0.384. The van der Waals surface area contributed by atoms with Crippen molar-refractivity contribution in [1.29, 1.82) is 5.26 Å². The van der Waals surface area contributed by atoms with Gasteiger partial charge in [-0.1, -0.05) is 59.6 Å². The Morgan fingerprint density at radius 1 is 0.925 bits per heavy atom. The van der Waals surface area contributed by atoms with E-state index in [1.165, 1.54) is 18.2 Å². The summed E-state index contributed by atoms with van der Waals surface area (Å²) in [6.07, 6.45) is 1.41. The highest BCUT2D eigenvalue weighted by atomic mass is 35.5. The number of hydrogen-bond acceptors (Lipinski definition) is 6. The normalized spacial score (nSPS) is 10.9. The number of rotatable bonds is 10. The molecule has 1 N–H and O–H groups in total. The maximum absolute atomic E-state index is 12.7. The van der Waals surface area contributed by atoms with E-state index in [2.05, 4.69) is 5.32 Å². The summed E-state index contributed by atoms with van der Waals surface area (Å²) < 4.78 is 11.4. The Hall–Kier alpha value is -4.84. The SMILES string of the molecule is N#C/C(=C\c1ccc(OCc2cccc([N+](=O)[O-])c2)c(Cl)c1)C(=O)Nc1ccc(OCc2ccccc2Cl)cc1. The van der Waals surface area contributed by atoms with Crippen molar-refractivity contribution < 1.29 is 19.2 Å². The molecule has 0 aliphatic heterocycles. The molecule has 40 heavy (non-hydrogen) atoms. The van der Waals surface area contributed by atoms with Crippen LogP contribution in [-0.4, -0.2) is 10.8 Å². The zero-order valence-electron chi connectivity index (χ0n) is 20.8. The molecule has 0 aliphatic rings. The third kappa shape index (κ3) is 7.60. The van der Waals surface area contributed by atoms with E-state index < -0.39 is 10.8 Å². The molecule has 4 aromatic rings. The quantitative estimate of drug-likeness (QED) is 0.0903. The van der Waals surface area contributed by atoms with Crippen molar-refractivity contribution in [3.63, 3.8) is 0 Å². The number of benzene rings is 4. The number of nitriles is 1. The summed E-state index contributed by atoms with van der Waals surface area (Å²) in [7, 11) is 0. The second-order valence-electron chi connectivity index (χ2n) is 8.43. The number of nitro groups is 1. The molecule has 10 heteroatoms. The van der Waals surface area contributed by atoms with Crippen molar-refractivity contribution in [3.8, 4) is 17.6 Å². The van der Waals surface area contributed by atoms with Gasteiger partial charge in [-0.3, -0.25) is 14.9 Å². The molecule has 1 amide bonds. The van der Waals surface area contributed by atoms with Gasteiger partial charge in [-0.25, -0.2) is 0 Å². The summed E-state index contributed by atoms with van der Waals surface area (Å²) in [6, 6.07) is 26.9. The summed E-state index contributed by atoms with van der Waals surface area (Å²) in [5.74, 6) is 0.357. The fourth-order valence-corrected chi connectivity index (χ4v) is 4.00. The highest BCUT2D eigenvalue weighted by Crippen LogP contribution is 2.28. The Balaban J connectivity index is 1.36. The number of ether oxygens (including phenoxy) is 2. The van der Waals surface area contributed by atoms with Crippen molar-refractivity contribution in [2.24, 2.45) is 0 Å². The Morgan fingerprint density at radius 2 is 1.70 bits per heavy atom. The van der Waals surface area contributed by atoms with E-state index in [1.54, 1.807) is 60.7 Å². The van der Waals surface area contributed by atoms with Crippen molar-refractivity contribution in [2.45, 2.75) is 13.2 Å². The Kier molecular flexibility index (Phi) is 9.36. The average molecular weight is 574 g/mol. The smallest absolute Gasteiger partial charge is 0.269 e. The minimum Gasteiger partial charge on any atom is -0.489 e. The minimum absolute atomic E-state index is 0.0345. The fourth-order valence-electron chi connectivity index (χ4n) is 3.57. The lowest BCUT2D eigenvalue weighted by atomic mass is 10.1. The van der Waals surface area contributed by atoms with Crippen LogP contribution in [0.15, 0.2) is 96.6 Å². The first kappa shape index (κ1) is 28.2. The Bertz CT molecular complexity index is 1610. The summed E-state index contributed by atoms with van der Waals surface area (Å²) >= 11 is 12.5. The number of halogens is 2. The van der Waals surface area contributed by atoms with Gasteiger partial charge in [0.2, 0.25) is 0 Å². The highest BCUT2D eigenvalue weighted by Gasteiger charge is 2.12. The summed E-state index contributed by atoms with van der Waals surface area (Å²) in [4.78, 5) is 23.2. The summed E-state index contributed by atoms with van der Waals surface area (Å²) in [6.45, 7) is 0.375. The van der Waals surface area contributed by atoms with Crippen molar-refractivity contribution >= 4 is 46.6 Å². The molecule has 0 aliphatic carbocycles. The van der Waals surface area contributed by atoms with E-state index in [9.17, 15) is 20.2 Å². The first-order valence-electron chi connectivity index (χ1n) is 11.9. The molecule has 0 unspecified atom stereocenters. The molecule has 8 nitrogen and oxygen atoms in total. The molecule has 4 aromatic carbocycles. The Labute approximate surface area is 240 Å². The predicted octanol–water partition coefficient (Wildman–Crippen LogP) is 7.61. The van der Waals surface area contributed by atoms with Gasteiger partial charge in [-0.2, -0.15) is 5.26 Å². The van der Waals surface area contributed by atoms with Crippen LogP contribution in [0.25, 0.3) is 6.08 Å². The Morgan fingerprint density at radius 3 is 2.40 bits per heavy atom. The average Bonchev–Trinajstić information content (AvgIpc) is 2.96. The molecule has 4 rings (SSSR count). The van der Waals surface area contributed by atoms with E-state index in [4.69, 9.17) is 32.7 Å². The monoisotopic (exact) mass is 573 g/mol. The zero-order valence-corrected chi connectivity index (χ0v) is 22.4. The van der Waals surface area contributed by atoms with Crippen LogP contribution in [0.4, 0.5) is 11.4 Å². The van der Waals surface area contributed by atoms with Crippen LogP contribution in [0.2, 0.25) is 10.0 Å². The zero-order chi connectivity index (χ0) is 28.5. The third-order valence-electron chi connectivity index (χ3n) is 5.61. The second-order valence-corrected chi connectivity index (χ2v) is 9.25. The molecule has 0 bridgehead atoms. The lowest BCUT2D eigenvalue weighted by Gasteiger charge is -2.10. The number of nitro benzene ring substituents is 1. The number of anilines is 1. The molecule has 200 valence electrons. The van der Waals surface area contributed by atoms with Crippen LogP contribution in [0, 0.1) is 21.4 Å². The number of carbonyl (C=O) groups is 1. The van der Waals surface area contributed by atoms with Gasteiger partial charge in [0.25, 0.3) is 11.6 Å². The van der Waals surface area contributed by atoms with Crippen molar-refractivity contribution in [3.05, 3.63) is 133 Å². The molecule has 0 aromatic heterocycles. The molecule has 0 radical (unpaired) electrons. The summed E-state index contributed by atoms with van der Waals surface area (Å²) in [5, 5.41) is 24.1. The van der Waals surface area contributed by atoms with Crippen LogP contribution in [-0.2, 0) is 18.0 Å². The third-order valence-corrected chi connectivity index (χ3v) is 6.28. The number of carbonyl (C=O) groups excluding carboxylic acids is 1. The van der Waals surface area contributed by atoms with Gasteiger partial charge >= 0.3 is 0 Å². The molecular formula is C30H21Cl2N3O5. The van der Waals surface area contributed by atoms with Crippen LogP contribution < -0.4 is 14.8 Å². The standard InChI is InChI=1S/C30H21Cl2N3O5/c31-27-7-2-1-5-22(27)19-39-26-11-9-24(10-12-26)34-30(36)23(17-33)14-20-8-13-29(28(32)16-20)40-18-21-4-3-6-25(15-21)35(37)38/h1-16H,18-19H2,(H,34,36)/b23-14+. The lowest BCUT2D eigenvalue weighted by Crippen LogP contribution is -2.13. The largest absolute Gasteiger partial charge is 0.489 e. The minimum atomic E-state index is -0.589. The number of non-ortho nitro benzene ring substituents is 1. The molecule has 0 saturated carbocycles. The molecule has 0 spiro atoms. The number of amides is 1. The van der Waals surface area contributed by atoms with Gasteiger partial charge in [0, 0.05) is 28.4 Å². The number of nitrogens with zero attached hydrogens (tertiary/aromatic N) is 2. The van der Waals surface area contributed by atoms with Crippen LogP contribution >= 0.6 is 23.2 Å². The van der Waals surface area contributed by atoms with E-state index in [0.29, 0.717) is 39.9 Å². The topological polar surface area (TPSA) is 114 Å². The van der Waals surface area contributed by atoms with Gasteiger partial charge in [0.15, 0.2) is 0 Å². The van der Waals surface area contributed by atoms with Crippen molar-refractivity contribution in [1.82, 2.24) is 0 Å². The maximum atomic E-state index is 12.7. The molecule has 0 heterocycles. The first-order chi connectivity index (χ1) is 19.3. The molecule has 0 fully saturated rings. The highest BCUT2D eigenvalue weighted by molar-refractivity contribution is 6.32. The molecule has 0 saturated heterocycles.